The standard InChI is InChI=1S/C22H31N3S/c1-18-6-2-3-9-22(18)25-13-10-19(11-14-25)23-20-7-4-12-24(16-20)17-21-8-5-15-26-21/h2-3,5-6,8-9,15,19-20,23H,4,7,10-14,16-17H2,1H3. The van der Waals surface area contributed by atoms with Gasteiger partial charge in [0.2, 0.25) is 0 Å². The first-order valence-corrected chi connectivity index (χ1v) is 11.0. The zero-order valence-corrected chi connectivity index (χ0v) is 16.7. The van der Waals surface area contributed by atoms with Crippen LogP contribution in [0, 0.1) is 6.92 Å². The van der Waals surface area contributed by atoms with Gasteiger partial charge in [0.25, 0.3) is 0 Å². The maximum Gasteiger partial charge on any atom is 0.0395 e. The van der Waals surface area contributed by atoms with Crippen molar-refractivity contribution < 1.29 is 0 Å². The molecule has 2 aliphatic heterocycles. The van der Waals surface area contributed by atoms with Gasteiger partial charge in [0.1, 0.15) is 0 Å². The quantitative estimate of drug-likeness (QED) is 0.849. The molecule has 1 unspecified atom stereocenters. The number of rotatable bonds is 5. The maximum atomic E-state index is 3.99. The molecule has 4 heteroatoms. The summed E-state index contributed by atoms with van der Waals surface area (Å²) in [6.45, 7) is 8.16. The molecule has 2 aliphatic rings. The fourth-order valence-corrected chi connectivity index (χ4v) is 5.24. The number of para-hydroxylation sites is 1. The predicted molar refractivity (Wildman–Crippen MR) is 112 cm³/mol. The van der Waals surface area contributed by atoms with E-state index in [9.17, 15) is 0 Å². The Morgan fingerprint density at radius 2 is 1.85 bits per heavy atom. The molecule has 2 aromatic rings. The van der Waals surface area contributed by atoms with Crippen LogP contribution in [0.4, 0.5) is 5.69 Å². The van der Waals surface area contributed by atoms with Crippen molar-refractivity contribution in [2.75, 3.05) is 31.1 Å². The van der Waals surface area contributed by atoms with Gasteiger partial charge in [0.15, 0.2) is 0 Å². The molecule has 26 heavy (non-hydrogen) atoms. The molecule has 3 nitrogen and oxygen atoms in total. The van der Waals surface area contributed by atoms with Gasteiger partial charge in [-0.2, -0.15) is 0 Å². The lowest BCUT2D eigenvalue weighted by Crippen LogP contribution is -2.51. The normalized spacial score (nSPS) is 22.7. The molecule has 0 aliphatic carbocycles. The fraction of sp³-hybridized carbons (Fsp3) is 0.545. The van der Waals surface area contributed by atoms with Crippen molar-refractivity contribution in [1.29, 1.82) is 0 Å². The Hall–Kier alpha value is -1.36. The van der Waals surface area contributed by atoms with Crippen molar-refractivity contribution in [2.24, 2.45) is 0 Å². The van der Waals surface area contributed by atoms with E-state index in [1.807, 2.05) is 11.3 Å². The van der Waals surface area contributed by atoms with E-state index in [-0.39, 0.29) is 0 Å². The van der Waals surface area contributed by atoms with Gasteiger partial charge < -0.3 is 10.2 Å². The van der Waals surface area contributed by atoms with Gasteiger partial charge in [0.05, 0.1) is 0 Å². The Bertz CT molecular complexity index is 676. The molecule has 2 saturated heterocycles. The number of piperidine rings is 2. The molecule has 1 aromatic carbocycles. The number of aryl methyl sites for hydroxylation is 1. The van der Waals surface area contributed by atoms with E-state index >= 15 is 0 Å². The highest BCUT2D eigenvalue weighted by Crippen LogP contribution is 2.24. The van der Waals surface area contributed by atoms with Gasteiger partial charge in [-0.15, -0.1) is 11.3 Å². The molecule has 3 heterocycles. The van der Waals surface area contributed by atoms with Crippen LogP contribution in [0.25, 0.3) is 0 Å². The van der Waals surface area contributed by atoms with E-state index in [1.165, 1.54) is 68.0 Å². The number of likely N-dealkylation sites (tertiary alicyclic amines) is 1. The maximum absolute atomic E-state index is 3.99. The van der Waals surface area contributed by atoms with Crippen molar-refractivity contribution in [3.63, 3.8) is 0 Å². The second-order valence-electron chi connectivity index (χ2n) is 7.87. The number of benzene rings is 1. The van der Waals surface area contributed by atoms with Gasteiger partial charge in [-0.25, -0.2) is 0 Å². The third kappa shape index (κ3) is 4.48. The van der Waals surface area contributed by atoms with E-state index in [4.69, 9.17) is 0 Å². The van der Waals surface area contributed by atoms with E-state index in [2.05, 4.69) is 63.8 Å². The van der Waals surface area contributed by atoms with Crippen LogP contribution in [0.1, 0.15) is 36.1 Å². The van der Waals surface area contributed by atoms with Crippen LogP contribution >= 0.6 is 11.3 Å². The Kier molecular flexibility index (Phi) is 5.93. The highest BCUT2D eigenvalue weighted by Gasteiger charge is 2.25. The summed E-state index contributed by atoms with van der Waals surface area (Å²) < 4.78 is 0. The Balaban J connectivity index is 1.25. The predicted octanol–water partition coefficient (Wildman–Crippen LogP) is 4.28. The monoisotopic (exact) mass is 369 g/mol. The smallest absolute Gasteiger partial charge is 0.0395 e. The minimum absolute atomic E-state index is 0.665. The van der Waals surface area contributed by atoms with Gasteiger partial charge in [0, 0.05) is 48.8 Å². The van der Waals surface area contributed by atoms with Crippen molar-refractivity contribution in [3.05, 3.63) is 52.2 Å². The summed E-state index contributed by atoms with van der Waals surface area (Å²) >= 11 is 1.89. The SMILES string of the molecule is Cc1ccccc1N1CCC(NC2CCCN(Cc3cccs3)C2)CC1. The lowest BCUT2D eigenvalue weighted by atomic mass is 9.99. The second kappa shape index (κ2) is 8.55. The molecular formula is C22H31N3S. The molecule has 0 amide bonds. The molecule has 0 radical (unpaired) electrons. The number of nitrogens with one attached hydrogen (secondary N) is 1. The molecule has 0 spiro atoms. The Morgan fingerprint density at radius 1 is 1.00 bits per heavy atom. The topological polar surface area (TPSA) is 18.5 Å². The minimum atomic E-state index is 0.665. The zero-order chi connectivity index (χ0) is 17.8. The van der Waals surface area contributed by atoms with E-state index in [1.54, 1.807) is 0 Å². The van der Waals surface area contributed by atoms with Gasteiger partial charge >= 0.3 is 0 Å². The molecular weight excluding hydrogens is 338 g/mol. The van der Waals surface area contributed by atoms with Crippen molar-refractivity contribution in [2.45, 2.75) is 51.2 Å². The van der Waals surface area contributed by atoms with E-state index in [0.717, 1.165) is 6.54 Å². The summed E-state index contributed by atoms with van der Waals surface area (Å²) in [5, 5.41) is 6.18. The number of thiophene rings is 1. The van der Waals surface area contributed by atoms with Crippen LogP contribution in [0.3, 0.4) is 0 Å². The molecule has 140 valence electrons. The average Bonchev–Trinajstić information content (AvgIpc) is 3.16. The van der Waals surface area contributed by atoms with E-state index < -0.39 is 0 Å². The van der Waals surface area contributed by atoms with E-state index in [0.29, 0.717) is 12.1 Å². The van der Waals surface area contributed by atoms with Crippen LogP contribution in [0.2, 0.25) is 0 Å². The summed E-state index contributed by atoms with van der Waals surface area (Å²) in [6, 6.07) is 14.6. The molecule has 4 rings (SSSR count). The molecule has 1 N–H and O–H groups in total. The van der Waals surface area contributed by atoms with Crippen molar-refractivity contribution in [3.8, 4) is 0 Å². The third-order valence-electron chi connectivity index (χ3n) is 5.89. The molecule has 0 bridgehead atoms. The average molecular weight is 370 g/mol. The largest absolute Gasteiger partial charge is 0.371 e. The number of anilines is 1. The molecule has 1 atom stereocenters. The Labute approximate surface area is 162 Å². The highest BCUT2D eigenvalue weighted by molar-refractivity contribution is 7.09. The Morgan fingerprint density at radius 3 is 2.62 bits per heavy atom. The number of nitrogens with zero attached hydrogens (tertiary/aromatic N) is 2. The first-order valence-electron chi connectivity index (χ1n) is 10.1. The highest BCUT2D eigenvalue weighted by atomic mass is 32.1. The van der Waals surface area contributed by atoms with Gasteiger partial charge in [-0.05, 0) is 62.2 Å². The zero-order valence-electron chi connectivity index (χ0n) is 15.9. The lowest BCUT2D eigenvalue weighted by Gasteiger charge is -2.39. The molecule has 2 fully saturated rings. The van der Waals surface area contributed by atoms with Crippen molar-refractivity contribution in [1.82, 2.24) is 10.2 Å². The van der Waals surface area contributed by atoms with Crippen LogP contribution in [-0.2, 0) is 6.54 Å². The summed E-state index contributed by atoms with van der Waals surface area (Å²) in [5.41, 5.74) is 2.82. The second-order valence-corrected chi connectivity index (χ2v) is 8.90. The fourth-order valence-electron chi connectivity index (χ4n) is 4.50. The number of hydrogen-bond donors (Lipinski definition) is 1. The van der Waals surface area contributed by atoms with Crippen LogP contribution in [-0.4, -0.2) is 43.2 Å². The van der Waals surface area contributed by atoms with Gasteiger partial charge in [-0.1, -0.05) is 24.3 Å². The van der Waals surface area contributed by atoms with Crippen LogP contribution in [0.15, 0.2) is 41.8 Å². The van der Waals surface area contributed by atoms with Crippen LogP contribution < -0.4 is 10.2 Å². The summed E-state index contributed by atoms with van der Waals surface area (Å²) in [4.78, 5) is 6.70. The molecule has 1 aromatic heterocycles. The van der Waals surface area contributed by atoms with Crippen molar-refractivity contribution >= 4 is 17.0 Å². The number of hydrogen-bond acceptors (Lipinski definition) is 4. The molecule has 0 saturated carbocycles. The van der Waals surface area contributed by atoms with Crippen LogP contribution in [0.5, 0.6) is 0 Å². The summed E-state index contributed by atoms with van der Waals surface area (Å²) in [5.74, 6) is 0. The first kappa shape index (κ1) is 18.0. The minimum Gasteiger partial charge on any atom is -0.371 e. The van der Waals surface area contributed by atoms with Gasteiger partial charge in [-0.3, -0.25) is 4.90 Å². The first-order chi connectivity index (χ1) is 12.8. The third-order valence-corrected chi connectivity index (χ3v) is 6.75. The lowest BCUT2D eigenvalue weighted by molar-refractivity contribution is 0.173. The summed E-state index contributed by atoms with van der Waals surface area (Å²) in [7, 11) is 0. The summed E-state index contributed by atoms with van der Waals surface area (Å²) in [6.07, 6.45) is 5.18.